The summed E-state index contributed by atoms with van der Waals surface area (Å²) in [6.45, 7) is 2.37. The number of likely N-dealkylation sites (N-methyl/N-ethyl adjacent to an activating group) is 1. The molecule has 0 bridgehead atoms. The molecule has 0 radical (unpaired) electrons. The predicted octanol–water partition coefficient (Wildman–Crippen LogP) is 2.31. The molecule has 0 saturated carbocycles. The van der Waals surface area contributed by atoms with Gasteiger partial charge in [-0.1, -0.05) is 12.1 Å². The molecule has 0 amide bonds. The second-order valence-corrected chi connectivity index (χ2v) is 7.48. The molecule has 1 N–H and O–H groups in total. The van der Waals surface area contributed by atoms with Gasteiger partial charge in [0.1, 0.15) is 5.75 Å². The van der Waals surface area contributed by atoms with Crippen LogP contribution >= 0.6 is 0 Å². The molecule has 30 heavy (non-hydrogen) atoms. The molecule has 8 heteroatoms. The second-order valence-electron chi connectivity index (χ2n) is 7.48. The molecule has 3 aromatic rings. The third-order valence-corrected chi connectivity index (χ3v) is 5.82. The Balaban J connectivity index is 1.61. The first-order valence-corrected chi connectivity index (χ1v) is 10.1. The first-order valence-electron chi connectivity index (χ1n) is 10.1. The van der Waals surface area contributed by atoms with Gasteiger partial charge in [0.25, 0.3) is 0 Å². The quantitative estimate of drug-likeness (QED) is 0.640. The molecule has 0 spiro atoms. The summed E-state index contributed by atoms with van der Waals surface area (Å²) in [5.41, 5.74) is 2.98. The molecule has 160 valence electrons. The molecule has 4 rings (SSSR count). The second kappa shape index (κ2) is 8.89. The number of benzene rings is 1. The molecule has 3 heterocycles. The van der Waals surface area contributed by atoms with Gasteiger partial charge in [0, 0.05) is 26.2 Å². The number of fused-ring (bicyclic) bond motifs is 1. The van der Waals surface area contributed by atoms with Crippen LogP contribution in [0.3, 0.4) is 0 Å². The van der Waals surface area contributed by atoms with Crippen molar-refractivity contribution in [2.24, 2.45) is 0 Å². The highest BCUT2D eigenvalue weighted by molar-refractivity contribution is 5.84. The van der Waals surface area contributed by atoms with Gasteiger partial charge in [0.15, 0.2) is 5.65 Å². The van der Waals surface area contributed by atoms with E-state index in [1.807, 2.05) is 42.2 Å². The number of nitrogens with one attached hydrogen (secondary N) is 1. The molecular weight excluding hydrogens is 382 g/mol. The lowest BCUT2D eigenvalue weighted by Crippen LogP contribution is -2.52. The van der Waals surface area contributed by atoms with E-state index in [1.54, 1.807) is 21.3 Å². The van der Waals surface area contributed by atoms with Gasteiger partial charge in [0.05, 0.1) is 44.1 Å². The monoisotopic (exact) mass is 411 g/mol. The van der Waals surface area contributed by atoms with Crippen LogP contribution in [0.15, 0.2) is 36.5 Å². The summed E-state index contributed by atoms with van der Waals surface area (Å²) in [4.78, 5) is 7.06. The summed E-state index contributed by atoms with van der Waals surface area (Å²) in [6, 6.07) is 10.4. The zero-order valence-corrected chi connectivity index (χ0v) is 18.0. The van der Waals surface area contributed by atoms with E-state index in [2.05, 4.69) is 21.4 Å². The maximum Gasteiger partial charge on any atom is 0.242 e. The summed E-state index contributed by atoms with van der Waals surface area (Å²) < 4.78 is 18.4. The highest BCUT2D eigenvalue weighted by Crippen LogP contribution is 2.30. The number of piperidine rings is 1. The first kappa shape index (κ1) is 20.4. The smallest absolute Gasteiger partial charge is 0.242 e. The Bertz CT molecular complexity index is 988. The van der Waals surface area contributed by atoms with E-state index >= 15 is 0 Å². The standard InChI is InChI=1S/C22H29N5O3/c1-23-19-9-10-26(14-20(19)29-3)16-11-18-21(24-12-16)27(25-22(18)30-4)13-15-5-7-17(28-2)8-6-15/h5-8,11-12,19-20,23H,9-10,13-14H2,1-4H3/t19-,20+/m1/s1. The van der Waals surface area contributed by atoms with Gasteiger partial charge in [-0.3, -0.25) is 0 Å². The lowest BCUT2D eigenvalue weighted by atomic mass is 10.0. The van der Waals surface area contributed by atoms with Crippen LogP contribution in [-0.4, -0.2) is 68.4 Å². The van der Waals surface area contributed by atoms with Crippen molar-refractivity contribution in [3.05, 3.63) is 42.1 Å². The Kier molecular flexibility index (Phi) is 6.06. The van der Waals surface area contributed by atoms with Crippen molar-refractivity contribution < 1.29 is 14.2 Å². The number of hydrogen-bond donors (Lipinski definition) is 1. The maximum atomic E-state index is 5.69. The molecule has 2 atom stereocenters. The number of anilines is 1. The average molecular weight is 412 g/mol. The molecule has 8 nitrogen and oxygen atoms in total. The average Bonchev–Trinajstić information content (AvgIpc) is 3.15. The minimum Gasteiger partial charge on any atom is -0.497 e. The number of nitrogens with zero attached hydrogens (tertiary/aromatic N) is 4. The van der Waals surface area contributed by atoms with Crippen molar-refractivity contribution in [2.75, 3.05) is 46.4 Å². The first-order chi connectivity index (χ1) is 14.7. The van der Waals surface area contributed by atoms with Crippen LogP contribution in [-0.2, 0) is 11.3 Å². The number of aromatic nitrogens is 3. The molecule has 1 fully saturated rings. The van der Waals surface area contributed by atoms with Crippen LogP contribution in [0, 0.1) is 0 Å². The van der Waals surface area contributed by atoms with E-state index in [-0.39, 0.29) is 6.10 Å². The number of pyridine rings is 1. The summed E-state index contributed by atoms with van der Waals surface area (Å²) in [5.74, 6) is 1.42. The number of methoxy groups -OCH3 is 3. The SMILES string of the molecule is CN[C@@H]1CCN(c2cnc3c(c2)c(OC)nn3Cc2ccc(OC)cc2)C[C@@H]1OC. The third-order valence-electron chi connectivity index (χ3n) is 5.82. The summed E-state index contributed by atoms with van der Waals surface area (Å²) in [5, 5.41) is 8.90. The minimum atomic E-state index is 0.138. The van der Waals surface area contributed by atoms with Crippen LogP contribution in [0.5, 0.6) is 11.6 Å². The van der Waals surface area contributed by atoms with E-state index < -0.39 is 0 Å². The van der Waals surface area contributed by atoms with Crippen molar-refractivity contribution in [1.29, 1.82) is 0 Å². The fourth-order valence-electron chi connectivity index (χ4n) is 4.08. The van der Waals surface area contributed by atoms with Gasteiger partial charge >= 0.3 is 0 Å². The van der Waals surface area contributed by atoms with Gasteiger partial charge in [-0.15, -0.1) is 5.10 Å². The van der Waals surface area contributed by atoms with Crippen LogP contribution < -0.4 is 19.7 Å². The normalized spacial score (nSPS) is 19.3. The zero-order chi connectivity index (χ0) is 21.1. The van der Waals surface area contributed by atoms with Gasteiger partial charge in [-0.05, 0) is 37.2 Å². The Morgan fingerprint density at radius 3 is 2.60 bits per heavy atom. The molecule has 1 saturated heterocycles. The van der Waals surface area contributed by atoms with Gasteiger partial charge in [-0.2, -0.15) is 0 Å². The van der Waals surface area contributed by atoms with Gasteiger partial charge in [0.2, 0.25) is 5.88 Å². The Morgan fingerprint density at radius 2 is 1.93 bits per heavy atom. The Hall–Kier alpha value is -2.84. The van der Waals surface area contributed by atoms with Crippen molar-refractivity contribution in [1.82, 2.24) is 20.1 Å². The van der Waals surface area contributed by atoms with Crippen molar-refractivity contribution in [3.63, 3.8) is 0 Å². The molecule has 0 unspecified atom stereocenters. The van der Waals surface area contributed by atoms with Gasteiger partial charge < -0.3 is 24.4 Å². The maximum absolute atomic E-state index is 5.69. The molecule has 1 aliphatic heterocycles. The Morgan fingerprint density at radius 1 is 1.13 bits per heavy atom. The van der Waals surface area contributed by atoms with Crippen LogP contribution in [0.25, 0.3) is 11.0 Å². The molecular formula is C22H29N5O3. The highest BCUT2D eigenvalue weighted by atomic mass is 16.5. The zero-order valence-electron chi connectivity index (χ0n) is 18.0. The summed E-state index contributed by atoms with van der Waals surface area (Å²) in [7, 11) is 7.07. The summed E-state index contributed by atoms with van der Waals surface area (Å²) >= 11 is 0. The third kappa shape index (κ3) is 3.93. The molecule has 0 aliphatic carbocycles. The van der Waals surface area contributed by atoms with Crippen molar-refractivity contribution >= 4 is 16.7 Å². The van der Waals surface area contributed by atoms with Crippen LogP contribution in [0.4, 0.5) is 5.69 Å². The predicted molar refractivity (Wildman–Crippen MR) is 117 cm³/mol. The molecule has 1 aromatic carbocycles. The molecule has 1 aliphatic rings. The van der Waals surface area contributed by atoms with E-state index in [0.29, 0.717) is 18.5 Å². The van der Waals surface area contributed by atoms with E-state index in [9.17, 15) is 0 Å². The van der Waals surface area contributed by atoms with Gasteiger partial charge in [-0.25, -0.2) is 9.67 Å². The lowest BCUT2D eigenvalue weighted by Gasteiger charge is -2.38. The Labute approximate surface area is 176 Å². The van der Waals surface area contributed by atoms with Crippen molar-refractivity contribution in [3.8, 4) is 11.6 Å². The molecule has 2 aromatic heterocycles. The fourth-order valence-corrected chi connectivity index (χ4v) is 4.08. The van der Waals surface area contributed by atoms with Crippen molar-refractivity contribution in [2.45, 2.75) is 25.1 Å². The van der Waals surface area contributed by atoms with Crippen LogP contribution in [0.1, 0.15) is 12.0 Å². The lowest BCUT2D eigenvalue weighted by molar-refractivity contribution is 0.0628. The topological polar surface area (TPSA) is 73.7 Å². The number of rotatable bonds is 7. The summed E-state index contributed by atoms with van der Waals surface area (Å²) in [6.07, 6.45) is 3.07. The van der Waals surface area contributed by atoms with E-state index in [4.69, 9.17) is 19.2 Å². The number of hydrogen-bond acceptors (Lipinski definition) is 7. The largest absolute Gasteiger partial charge is 0.497 e. The van der Waals surface area contributed by atoms with Crippen LogP contribution in [0.2, 0.25) is 0 Å². The number of ether oxygens (including phenoxy) is 3. The minimum absolute atomic E-state index is 0.138. The van der Waals surface area contributed by atoms with E-state index in [1.165, 1.54) is 0 Å². The highest BCUT2D eigenvalue weighted by Gasteiger charge is 2.29. The fraction of sp³-hybridized carbons (Fsp3) is 0.455. The van der Waals surface area contributed by atoms with E-state index in [0.717, 1.165) is 47.5 Å².